The molecule has 0 unspecified atom stereocenters. The summed E-state index contributed by atoms with van der Waals surface area (Å²) in [4.78, 5) is 12.8. The molecule has 1 amide bonds. The van der Waals surface area contributed by atoms with Crippen molar-refractivity contribution in [2.75, 3.05) is 19.4 Å². The van der Waals surface area contributed by atoms with Crippen molar-refractivity contribution in [3.63, 3.8) is 0 Å². The van der Waals surface area contributed by atoms with E-state index in [2.05, 4.69) is 5.32 Å². The average molecular weight is 410 g/mol. The van der Waals surface area contributed by atoms with E-state index in [-0.39, 0.29) is 10.8 Å². The number of sulfonamides is 1. The predicted octanol–water partition coefficient (Wildman–Crippen LogP) is 4.29. The molecular weight excluding hydrogens is 388 g/mol. The minimum atomic E-state index is -3.54. The van der Waals surface area contributed by atoms with Gasteiger partial charge in [-0.3, -0.25) is 4.79 Å². The smallest absolute Gasteiger partial charge is 0.255 e. The molecular formula is C22H22N2O4S. The summed E-state index contributed by atoms with van der Waals surface area (Å²) in [5.74, 6) is 0.811. The van der Waals surface area contributed by atoms with Crippen LogP contribution in [0.15, 0.2) is 77.7 Å². The van der Waals surface area contributed by atoms with Crippen molar-refractivity contribution in [2.45, 2.75) is 11.8 Å². The second-order valence-corrected chi connectivity index (χ2v) is 8.83. The molecule has 3 rings (SSSR count). The number of amides is 1. The van der Waals surface area contributed by atoms with Crippen LogP contribution in [0, 0.1) is 6.92 Å². The van der Waals surface area contributed by atoms with Crippen LogP contribution in [0.3, 0.4) is 0 Å². The summed E-state index contributed by atoms with van der Waals surface area (Å²) >= 11 is 0. The van der Waals surface area contributed by atoms with Crippen LogP contribution in [-0.2, 0) is 10.0 Å². The first-order valence-electron chi connectivity index (χ1n) is 8.95. The van der Waals surface area contributed by atoms with Crippen LogP contribution in [0.4, 0.5) is 5.69 Å². The molecule has 6 nitrogen and oxygen atoms in total. The van der Waals surface area contributed by atoms with Gasteiger partial charge in [0.1, 0.15) is 5.75 Å². The van der Waals surface area contributed by atoms with Crippen LogP contribution < -0.4 is 10.1 Å². The van der Waals surface area contributed by atoms with Gasteiger partial charge < -0.3 is 10.1 Å². The van der Waals surface area contributed by atoms with Crippen LogP contribution in [0.25, 0.3) is 0 Å². The lowest BCUT2D eigenvalue weighted by molar-refractivity contribution is 0.102. The zero-order chi connectivity index (χ0) is 21.0. The second kappa shape index (κ2) is 8.46. The van der Waals surface area contributed by atoms with E-state index in [4.69, 9.17) is 4.74 Å². The van der Waals surface area contributed by atoms with Crippen molar-refractivity contribution in [2.24, 2.45) is 0 Å². The standard InChI is InChI=1S/C22H22N2O4S/c1-16-8-12-18(13-9-16)28-21-7-5-4-6-20(21)23-22(25)17-10-14-19(15-11-17)29(26,27)24(2)3/h4-15H,1-3H3,(H,23,25). The van der Waals surface area contributed by atoms with E-state index in [1.807, 2.05) is 37.3 Å². The zero-order valence-electron chi connectivity index (χ0n) is 16.4. The molecule has 7 heteroatoms. The minimum Gasteiger partial charge on any atom is -0.455 e. The van der Waals surface area contributed by atoms with Crippen molar-refractivity contribution >= 4 is 21.6 Å². The molecule has 0 aliphatic heterocycles. The number of carbonyl (C=O) groups is 1. The summed E-state index contributed by atoms with van der Waals surface area (Å²) in [6.07, 6.45) is 0. The van der Waals surface area contributed by atoms with Crippen LogP contribution in [-0.4, -0.2) is 32.7 Å². The largest absolute Gasteiger partial charge is 0.455 e. The van der Waals surface area contributed by atoms with E-state index < -0.39 is 10.0 Å². The Labute approximate surface area is 170 Å². The van der Waals surface area contributed by atoms with Crippen LogP contribution >= 0.6 is 0 Å². The second-order valence-electron chi connectivity index (χ2n) is 6.68. The number of aryl methyl sites for hydroxylation is 1. The number of rotatable bonds is 6. The Balaban J connectivity index is 1.78. The monoisotopic (exact) mass is 410 g/mol. The number of hydrogen-bond acceptors (Lipinski definition) is 4. The number of nitrogens with zero attached hydrogens (tertiary/aromatic N) is 1. The number of ether oxygens (including phenoxy) is 1. The molecule has 0 spiro atoms. The lowest BCUT2D eigenvalue weighted by atomic mass is 10.2. The summed E-state index contributed by atoms with van der Waals surface area (Å²) in [7, 11) is -0.623. The van der Waals surface area contributed by atoms with Gasteiger partial charge in [0.05, 0.1) is 10.6 Å². The van der Waals surface area contributed by atoms with Gasteiger partial charge >= 0.3 is 0 Å². The highest BCUT2D eigenvalue weighted by molar-refractivity contribution is 7.89. The molecule has 1 N–H and O–H groups in total. The predicted molar refractivity (Wildman–Crippen MR) is 113 cm³/mol. The highest BCUT2D eigenvalue weighted by Gasteiger charge is 2.18. The summed E-state index contributed by atoms with van der Waals surface area (Å²) in [6.45, 7) is 1.99. The Morgan fingerprint density at radius 3 is 2.14 bits per heavy atom. The molecule has 3 aromatic carbocycles. The van der Waals surface area contributed by atoms with Crippen molar-refractivity contribution in [3.8, 4) is 11.5 Å². The summed E-state index contributed by atoms with van der Waals surface area (Å²) in [5, 5.41) is 2.82. The normalized spacial score (nSPS) is 11.3. The maximum Gasteiger partial charge on any atom is 0.255 e. The Morgan fingerprint density at radius 2 is 1.52 bits per heavy atom. The molecule has 0 radical (unpaired) electrons. The van der Waals surface area contributed by atoms with Crippen LogP contribution in [0.2, 0.25) is 0 Å². The van der Waals surface area contributed by atoms with E-state index in [1.165, 1.54) is 38.4 Å². The molecule has 0 aromatic heterocycles. The first-order chi connectivity index (χ1) is 13.8. The van der Waals surface area contributed by atoms with E-state index in [0.29, 0.717) is 22.7 Å². The first-order valence-corrected chi connectivity index (χ1v) is 10.4. The molecule has 0 heterocycles. The van der Waals surface area contributed by atoms with Gasteiger partial charge in [-0.25, -0.2) is 12.7 Å². The number of nitrogens with one attached hydrogen (secondary N) is 1. The molecule has 0 fully saturated rings. The molecule has 150 valence electrons. The number of hydrogen-bond donors (Lipinski definition) is 1. The minimum absolute atomic E-state index is 0.127. The van der Waals surface area contributed by atoms with Crippen molar-refractivity contribution in [1.82, 2.24) is 4.31 Å². The third-order valence-electron chi connectivity index (χ3n) is 4.28. The van der Waals surface area contributed by atoms with Crippen molar-refractivity contribution in [1.29, 1.82) is 0 Å². The Bertz CT molecular complexity index is 1110. The van der Waals surface area contributed by atoms with Crippen LogP contribution in [0.5, 0.6) is 11.5 Å². The fourth-order valence-electron chi connectivity index (χ4n) is 2.58. The van der Waals surface area contributed by atoms with E-state index >= 15 is 0 Å². The molecule has 3 aromatic rings. The summed E-state index contributed by atoms with van der Waals surface area (Å²) in [5.41, 5.74) is 1.98. The SMILES string of the molecule is Cc1ccc(Oc2ccccc2NC(=O)c2ccc(S(=O)(=O)N(C)C)cc2)cc1. The van der Waals surface area contributed by atoms with Gasteiger partial charge in [0, 0.05) is 19.7 Å². The lowest BCUT2D eigenvalue weighted by Gasteiger charge is -2.13. The van der Waals surface area contributed by atoms with E-state index in [9.17, 15) is 13.2 Å². The molecule has 0 aliphatic rings. The fourth-order valence-corrected chi connectivity index (χ4v) is 3.48. The Hall–Kier alpha value is -3.16. The van der Waals surface area contributed by atoms with Crippen molar-refractivity contribution in [3.05, 3.63) is 83.9 Å². The number of anilines is 1. The van der Waals surface area contributed by atoms with Gasteiger partial charge in [-0.1, -0.05) is 29.8 Å². The van der Waals surface area contributed by atoms with Crippen molar-refractivity contribution < 1.29 is 17.9 Å². The Morgan fingerprint density at radius 1 is 0.897 bits per heavy atom. The van der Waals surface area contributed by atoms with Crippen LogP contribution in [0.1, 0.15) is 15.9 Å². The van der Waals surface area contributed by atoms with E-state index in [1.54, 1.807) is 18.2 Å². The number of benzene rings is 3. The maximum absolute atomic E-state index is 12.6. The first kappa shape index (κ1) is 20.6. The zero-order valence-corrected chi connectivity index (χ0v) is 17.2. The highest BCUT2D eigenvalue weighted by atomic mass is 32.2. The van der Waals surface area contributed by atoms with E-state index in [0.717, 1.165) is 9.87 Å². The third-order valence-corrected chi connectivity index (χ3v) is 6.11. The maximum atomic E-state index is 12.6. The summed E-state index contributed by atoms with van der Waals surface area (Å²) in [6, 6.07) is 20.5. The van der Waals surface area contributed by atoms with Gasteiger partial charge in [-0.2, -0.15) is 0 Å². The Kier molecular flexibility index (Phi) is 6.00. The number of carbonyl (C=O) groups excluding carboxylic acids is 1. The third kappa shape index (κ3) is 4.82. The molecule has 0 aliphatic carbocycles. The quantitative estimate of drug-likeness (QED) is 0.658. The molecule has 29 heavy (non-hydrogen) atoms. The molecule has 0 bridgehead atoms. The average Bonchev–Trinajstić information content (AvgIpc) is 2.71. The van der Waals surface area contributed by atoms with Gasteiger partial charge in [0.15, 0.2) is 5.75 Å². The summed E-state index contributed by atoms with van der Waals surface area (Å²) < 4.78 is 31.3. The van der Waals surface area contributed by atoms with Gasteiger partial charge in [0.2, 0.25) is 10.0 Å². The molecule has 0 saturated carbocycles. The number of para-hydroxylation sites is 2. The lowest BCUT2D eigenvalue weighted by Crippen LogP contribution is -2.22. The van der Waals surface area contributed by atoms with Gasteiger partial charge in [0.25, 0.3) is 5.91 Å². The highest BCUT2D eigenvalue weighted by Crippen LogP contribution is 2.29. The molecule has 0 atom stereocenters. The van der Waals surface area contributed by atoms with Gasteiger partial charge in [-0.05, 0) is 55.5 Å². The van der Waals surface area contributed by atoms with Gasteiger partial charge in [-0.15, -0.1) is 0 Å². The molecule has 0 saturated heterocycles. The topological polar surface area (TPSA) is 75.7 Å². The fraction of sp³-hybridized carbons (Fsp3) is 0.136.